The Labute approximate surface area is 224 Å². The number of hydrogen-bond donors (Lipinski definition) is 1. The zero-order valence-corrected chi connectivity index (χ0v) is 25.6. The van der Waals surface area contributed by atoms with Crippen LogP contribution >= 0.6 is 0 Å². The van der Waals surface area contributed by atoms with Crippen molar-refractivity contribution in [2.24, 2.45) is 16.7 Å². The number of carbonyl (C=O) groups is 2. The van der Waals surface area contributed by atoms with Crippen LogP contribution < -0.4 is 0 Å². The van der Waals surface area contributed by atoms with E-state index in [4.69, 9.17) is 4.43 Å². The first-order chi connectivity index (χ1) is 16.7. The monoisotopic (exact) mass is 528 g/mol. The second-order valence-electron chi connectivity index (χ2n) is 13.6. The van der Waals surface area contributed by atoms with Crippen LogP contribution in [0.2, 0.25) is 18.1 Å². The molecule has 0 aliphatic heterocycles. The molecular weight excluding hydrogens is 483 g/mol. The zero-order valence-electron chi connectivity index (χ0n) is 24.6. The first-order valence-corrected chi connectivity index (χ1v) is 16.0. The summed E-state index contributed by atoms with van der Waals surface area (Å²) in [7, 11) is -2.31. The number of carboxylic acid groups (broad SMARTS) is 1. The van der Waals surface area contributed by atoms with E-state index in [9.17, 15) is 19.1 Å². The lowest BCUT2D eigenvalue weighted by Crippen LogP contribution is -2.47. The Balaban J connectivity index is 2.50. The Kier molecular flexibility index (Phi) is 9.10. The van der Waals surface area contributed by atoms with Gasteiger partial charge in [0.15, 0.2) is 8.32 Å². The molecule has 0 saturated heterocycles. The summed E-state index contributed by atoms with van der Waals surface area (Å²) in [4.78, 5) is 25.0. The van der Waals surface area contributed by atoms with E-state index in [1.165, 1.54) is 6.07 Å². The van der Waals surface area contributed by atoms with Gasteiger partial charge in [-0.05, 0) is 90.4 Å². The molecule has 0 heterocycles. The van der Waals surface area contributed by atoms with Crippen molar-refractivity contribution >= 4 is 25.6 Å². The molecule has 0 saturated carbocycles. The predicted molar refractivity (Wildman–Crippen MR) is 151 cm³/mol. The molecule has 1 aliphatic rings. The number of carboxylic acids is 1. The molecular formula is C31H45FO4Si. The van der Waals surface area contributed by atoms with E-state index in [1.54, 1.807) is 19.9 Å². The van der Waals surface area contributed by atoms with Crippen molar-refractivity contribution in [2.45, 2.75) is 106 Å². The third kappa shape index (κ3) is 7.64. The van der Waals surface area contributed by atoms with E-state index in [0.29, 0.717) is 5.56 Å². The lowest BCUT2D eigenvalue weighted by Gasteiger charge is -2.42. The van der Waals surface area contributed by atoms with Crippen LogP contribution in [0.3, 0.4) is 0 Å². The highest BCUT2D eigenvalue weighted by atomic mass is 28.4. The lowest BCUT2D eigenvalue weighted by molar-refractivity contribution is -0.144. The normalized spacial score (nSPS) is 19.0. The summed E-state index contributed by atoms with van der Waals surface area (Å²) in [6, 6.07) is 5.12. The summed E-state index contributed by atoms with van der Waals surface area (Å²) in [5, 5.41) is 9.55. The Morgan fingerprint density at radius 3 is 2.30 bits per heavy atom. The van der Waals surface area contributed by atoms with Gasteiger partial charge in [0.05, 0.1) is 12.0 Å². The zero-order chi connectivity index (χ0) is 28.6. The molecule has 6 heteroatoms. The quantitative estimate of drug-likeness (QED) is 0.223. The number of rotatable bonds is 7. The van der Waals surface area contributed by atoms with E-state index in [2.05, 4.69) is 73.4 Å². The van der Waals surface area contributed by atoms with Gasteiger partial charge in [0, 0.05) is 12.0 Å². The average Bonchev–Trinajstić information content (AvgIpc) is 2.71. The van der Waals surface area contributed by atoms with Gasteiger partial charge in [-0.3, -0.25) is 9.59 Å². The SMILES string of the molecule is Cc1cc(C2=C(C#CC(=O)C[C@@H](O[Si](C)(C)C(C)(C)C)C(C)C(=O)O)C(C)(C)CC(C)(C)C2)ccc1F. The van der Waals surface area contributed by atoms with Gasteiger partial charge in [0.1, 0.15) is 5.82 Å². The molecule has 0 fully saturated rings. The van der Waals surface area contributed by atoms with Gasteiger partial charge in [0.2, 0.25) is 5.78 Å². The average molecular weight is 529 g/mol. The van der Waals surface area contributed by atoms with E-state index < -0.39 is 26.3 Å². The molecule has 1 unspecified atom stereocenters. The van der Waals surface area contributed by atoms with E-state index >= 15 is 0 Å². The van der Waals surface area contributed by atoms with Crippen molar-refractivity contribution < 1.29 is 23.5 Å². The molecule has 0 aromatic heterocycles. The number of aliphatic carboxylic acids is 1. The molecule has 37 heavy (non-hydrogen) atoms. The van der Waals surface area contributed by atoms with Crippen molar-refractivity contribution in [1.82, 2.24) is 0 Å². The lowest BCUT2D eigenvalue weighted by atomic mass is 9.61. The maximum atomic E-state index is 14.0. The first-order valence-electron chi connectivity index (χ1n) is 13.1. The van der Waals surface area contributed by atoms with Gasteiger partial charge >= 0.3 is 5.97 Å². The highest BCUT2D eigenvalue weighted by Crippen LogP contribution is 2.51. The Hall–Kier alpha value is -2.23. The van der Waals surface area contributed by atoms with Crippen molar-refractivity contribution in [2.75, 3.05) is 0 Å². The predicted octanol–water partition coefficient (Wildman–Crippen LogP) is 7.81. The molecule has 1 N–H and O–H groups in total. The number of aryl methyl sites for hydroxylation is 1. The standard InChI is InChI=1S/C31H45FO4Si/c1-20-16-22(12-15-26(20)32)24-18-30(6,7)19-31(8,9)25(24)14-13-23(33)17-27(21(2)28(34)35)36-37(10,11)29(3,4)5/h12,15-16,21,27H,17-19H2,1-11H3,(H,34,35)/t21?,27-/m1/s1. The van der Waals surface area contributed by atoms with Crippen LogP contribution in [0.5, 0.6) is 0 Å². The van der Waals surface area contributed by atoms with Gasteiger partial charge in [-0.1, -0.05) is 60.5 Å². The molecule has 0 amide bonds. The molecule has 1 aromatic carbocycles. The minimum absolute atomic E-state index is 0.0231. The third-order valence-electron chi connectivity index (χ3n) is 7.97. The third-order valence-corrected chi connectivity index (χ3v) is 12.5. The van der Waals surface area contributed by atoms with Crippen LogP contribution in [0.1, 0.15) is 85.8 Å². The van der Waals surface area contributed by atoms with E-state index in [1.807, 2.05) is 6.07 Å². The summed E-state index contributed by atoms with van der Waals surface area (Å²) in [5.74, 6) is 3.62. The van der Waals surface area contributed by atoms with Crippen LogP contribution in [0.4, 0.5) is 4.39 Å². The second-order valence-corrected chi connectivity index (χ2v) is 18.4. The molecule has 0 radical (unpaired) electrons. The first kappa shape index (κ1) is 31.0. The fraction of sp³-hybridized carbons (Fsp3) is 0.613. The second kappa shape index (κ2) is 10.9. The minimum atomic E-state index is -2.31. The molecule has 1 aromatic rings. The van der Waals surface area contributed by atoms with Gasteiger partial charge in [-0.15, -0.1) is 0 Å². The number of hydrogen-bond acceptors (Lipinski definition) is 3. The maximum Gasteiger partial charge on any atom is 0.308 e. The fourth-order valence-electron chi connectivity index (χ4n) is 5.05. The molecule has 204 valence electrons. The van der Waals surface area contributed by atoms with Crippen LogP contribution in [0.25, 0.3) is 5.57 Å². The van der Waals surface area contributed by atoms with Crippen molar-refractivity contribution in [3.8, 4) is 11.8 Å². The smallest absolute Gasteiger partial charge is 0.308 e. The van der Waals surface area contributed by atoms with Crippen molar-refractivity contribution in [1.29, 1.82) is 0 Å². The summed E-state index contributed by atoms with van der Waals surface area (Å²) < 4.78 is 20.4. The Morgan fingerprint density at radius 2 is 1.78 bits per heavy atom. The minimum Gasteiger partial charge on any atom is -0.481 e. The molecule has 4 nitrogen and oxygen atoms in total. The molecule has 1 aliphatic carbocycles. The number of carbonyl (C=O) groups excluding carboxylic acids is 1. The summed E-state index contributed by atoms with van der Waals surface area (Å²) in [5.41, 5.74) is 3.17. The number of allylic oxidation sites excluding steroid dienone is 2. The largest absolute Gasteiger partial charge is 0.481 e. The topological polar surface area (TPSA) is 63.6 Å². The number of Topliss-reactive ketones (excluding diaryl/α,β-unsaturated/α-hetero) is 1. The van der Waals surface area contributed by atoms with E-state index in [0.717, 1.165) is 29.6 Å². The highest BCUT2D eigenvalue weighted by Gasteiger charge is 2.42. The maximum absolute atomic E-state index is 14.0. The molecule has 2 rings (SSSR count). The summed E-state index contributed by atoms with van der Waals surface area (Å²) in [6.45, 7) is 22.4. The summed E-state index contributed by atoms with van der Waals surface area (Å²) in [6.07, 6.45) is 0.852. The molecule has 0 spiro atoms. The molecule has 2 atom stereocenters. The van der Waals surface area contributed by atoms with E-state index in [-0.39, 0.29) is 33.9 Å². The Bertz CT molecular complexity index is 1140. The van der Waals surface area contributed by atoms with Crippen molar-refractivity contribution in [3.63, 3.8) is 0 Å². The number of benzene rings is 1. The van der Waals surface area contributed by atoms with Crippen LogP contribution in [0.15, 0.2) is 23.8 Å². The van der Waals surface area contributed by atoms with Crippen LogP contribution in [-0.4, -0.2) is 31.3 Å². The number of ketones is 1. The van der Waals surface area contributed by atoms with Crippen LogP contribution in [-0.2, 0) is 14.0 Å². The Morgan fingerprint density at radius 1 is 1.19 bits per heavy atom. The van der Waals surface area contributed by atoms with Gasteiger partial charge in [0.25, 0.3) is 0 Å². The number of halogens is 1. The van der Waals surface area contributed by atoms with Gasteiger partial charge in [-0.2, -0.15) is 0 Å². The van der Waals surface area contributed by atoms with Crippen molar-refractivity contribution in [3.05, 3.63) is 40.7 Å². The van der Waals surface area contributed by atoms with Gasteiger partial charge in [-0.25, -0.2) is 4.39 Å². The molecule has 0 bridgehead atoms. The summed E-state index contributed by atoms with van der Waals surface area (Å²) >= 11 is 0. The van der Waals surface area contributed by atoms with Gasteiger partial charge < -0.3 is 9.53 Å². The fourth-order valence-corrected chi connectivity index (χ4v) is 6.44. The van der Waals surface area contributed by atoms with Crippen LogP contribution in [0, 0.1) is 41.3 Å². The highest BCUT2D eigenvalue weighted by molar-refractivity contribution is 6.74.